The number of hydrogen-bond donors (Lipinski definition) is 0. The van der Waals surface area contributed by atoms with E-state index < -0.39 is 0 Å². The van der Waals surface area contributed by atoms with Crippen molar-refractivity contribution in [3.8, 4) is 0 Å². The predicted molar refractivity (Wildman–Crippen MR) is 115 cm³/mol. The Bertz CT molecular complexity index is 1260. The fraction of sp³-hybridized carbons (Fsp3) is 0.292. The highest BCUT2D eigenvalue weighted by atomic mass is 16.2. The lowest BCUT2D eigenvalue weighted by molar-refractivity contribution is -0.118. The number of aromatic nitrogens is 3. The summed E-state index contributed by atoms with van der Waals surface area (Å²) in [6.45, 7) is 6.22. The van der Waals surface area contributed by atoms with E-state index in [1.54, 1.807) is 0 Å². The predicted octanol–water partition coefficient (Wildman–Crippen LogP) is 4.41. The lowest BCUT2D eigenvalue weighted by Gasteiger charge is -2.23. The van der Waals surface area contributed by atoms with Gasteiger partial charge in [0.05, 0.1) is 5.52 Å². The zero-order valence-corrected chi connectivity index (χ0v) is 17.0. The molecule has 2 aromatic heterocycles. The number of anilines is 1. The first kappa shape index (κ1) is 17.9. The normalized spacial score (nSPS) is 16.0. The molecule has 5 heteroatoms. The summed E-state index contributed by atoms with van der Waals surface area (Å²) >= 11 is 0. The van der Waals surface area contributed by atoms with Crippen LogP contribution in [0.25, 0.3) is 16.6 Å². The molecule has 2 aromatic carbocycles. The molecule has 0 spiro atoms. The van der Waals surface area contributed by atoms with Gasteiger partial charge in [0, 0.05) is 34.9 Å². The molecule has 1 unspecified atom stereocenters. The molecule has 1 amide bonds. The van der Waals surface area contributed by atoms with Crippen molar-refractivity contribution >= 4 is 28.1 Å². The molecule has 0 radical (unpaired) electrons. The number of benzene rings is 2. The molecule has 1 aliphatic rings. The van der Waals surface area contributed by atoms with Crippen molar-refractivity contribution in [2.45, 2.75) is 46.1 Å². The first-order valence-electron chi connectivity index (χ1n) is 10.2. The summed E-state index contributed by atoms with van der Waals surface area (Å²) in [4.78, 5) is 19.9. The minimum Gasteiger partial charge on any atom is -0.309 e. The van der Waals surface area contributed by atoms with Crippen LogP contribution in [0.3, 0.4) is 0 Å². The van der Waals surface area contributed by atoms with Crippen molar-refractivity contribution < 1.29 is 4.79 Å². The third kappa shape index (κ3) is 2.80. The molecule has 146 valence electrons. The Morgan fingerprint density at radius 2 is 1.86 bits per heavy atom. The molecule has 0 N–H and O–H groups in total. The van der Waals surface area contributed by atoms with E-state index in [0.717, 1.165) is 45.6 Å². The second-order valence-corrected chi connectivity index (χ2v) is 7.96. The van der Waals surface area contributed by atoms with Gasteiger partial charge in [-0.05, 0) is 62.9 Å². The average Bonchev–Trinajstić information content (AvgIpc) is 3.25. The van der Waals surface area contributed by atoms with Crippen LogP contribution in [0.15, 0.2) is 48.5 Å². The number of amides is 1. The molecule has 0 saturated carbocycles. The highest BCUT2D eigenvalue weighted by molar-refractivity contribution is 5.96. The fourth-order valence-electron chi connectivity index (χ4n) is 4.64. The summed E-state index contributed by atoms with van der Waals surface area (Å²) in [5.41, 5.74) is 7.29. The molecular formula is C24H24N4O. The third-order valence-corrected chi connectivity index (χ3v) is 6.08. The second-order valence-electron chi connectivity index (χ2n) is 7.96. The lowest BCUT2D eigenvalue weighted by Crippen LogP contribution is -2.35. The standard InChI is InChI=1S/C24H24N4O/c1-15-14-18-8-4-7-11-22(18)27(15)23(29)13-12-19-16(2)25-24-20-9-5-6-10-21(20)26-28(24)17(19)3/h4-11,15H,12-14H2,1-3H3. The number of rotatable bonds is 3. The number of para-hydroxylation sites is 1. The van der Waals surface area contributed by atoms with Crippen LogP contribution in [0.2, 0.25) is 0 Å². The monoisotopic (exact) mass is 384 g/mol. The van der Waals surface area contributed by atoms with E-state index in [2.05, 4.69) is 32.0 Å². The highest BCUT2D eigenvalue weighted by Gasteiger charge is 2.30. The van der Waals surface area contributed by atoms with Crippen molar-refractivity contribution in [3.05, 3.63) is 71.0 Å². The lowest BCUT2D eigenvalue weighted by atomic mass is 10.1. The molecule has 29 heavy (non-hydrogen) atoms. The maximum atomic E-state index is 13.1. The van der Waals surface area contributed by atoms with E-state index >= 15 is 0 Å². The Morgan fingerprint density at radius 1 is 1.10 bits per heavy atom. The van der Waals surface area contributed by atoms with Gasteiger partial charge in [0.1, 0.15) is 0 Å². The van der Waals surface area contributed by atoms with E-state index in [4.69, 9.17) is 10.1 Å². The Labute approximate surface area is 170 Å². The minimum absolute atomic E-state index is 0.173. The molecule has 0 saturated heterocycles. The van der Waals surface area contributed by atoms with Crippen LogP contribution in [0.4, 0.5) is 5.69 Å². The molecule has 0 aliphatic carbocycles. The largest absolute Gasteiger partial charge is 0.309 e. The van der Waals surface area contributed by atoms with Crippen LogP contribution in [0, 0.1) is 13.8 Å². The number of nitrogens with zero attached hydrogens (tertiary/aromatic N) is 4. The second kappa shape index (κ2) is 6.69. The van der Waals surface area contributed by atoms with Gasteiger partial charge < -0.3 is 4.90 Å². The zero-order valence-electron chi connectivity index (χ0n) is 17.0. The van der Waals surface area contributed by atoms with Crippen LogP contribution in [-0.2, 0) is 17.6 Å². The number of hydrogen-bond acceptors (Lipinski definition) is 3. The minimum atomic E-state index is 0.173. The molecule has 3 heterocycles. The van der Waals surface area contributed by atoms with Gasteiger partial charge in [-0.1, -0.05) is 30.3 Å². The van der Waals surface area contributed by atoms with Gasteiger partial charge in [-0.3, -0.25) is 4.79 Å². The summed E-state index contributed by atoms with van der Waals surface area (Å²) in [5, 5.41) is 5.78. The SMILES string of the molecule is Cc1nc2c3ccccc3nn2c(C)c1CCC(=O)N1c2ccccc2CC1C. The summed E-state index contributed by atoms with van der Waals surface area (Å²) in [7, 11) is 0. The van der Waals surface area contributed by atoms with Gasteiger partial charge in [-0.15, -0.1) is 0 Å². The van der Waals surface area contributed by atoms with Crippen molar-refractivity contribution in [1.29, 1.82) is 0 Å². The third-order valence-electron chi connectivity index (χ3n) is 6.08. The van der Waals surface area contributed by atoms with Gasteiger partial charge >= 0.3 is 0 Å². The maximum Gasteiger partial charge on any atom is 0.227 e. The molecule has 5 rings (SSSR count). The molecule has 4 aromatic rings. The summed E-state index contributed by atoms with van der Waals surface area (Å²) < 4.78 is 1.92. The van der Waals surface area contributed by atoms with E-state index in [9.17, 15) is 4.79 Å². The van der Waals surface area contributed by atoms with Crippen LogP contribution in [-0.4, -0.2) is 26.5 Å². The van der Waals surface area contributed by atoms with Crippen LogP contribution >= 0.6 is 0 Å². The number of fused-ring (bicyclic) bond motifs is 4. The van der Waals surface area contributed by atoms with E-state index in [-0.39, 0.29) is 11.9 Å². The fourth-order valence-corrected chi connectivity index (χ4v) is 4.64. The topological polar surface area (TPSA) is 50.5 Å². The van der Waals surface area contributed by atoms with Crippen molar-refractivity contribution in [3.63, 3.8) is 0 Å². The van der Waals surface area contributed by atoms with Gasteiger partial charge in [0.2, 0.25) is 5.91 Å². The summed E-state index contributed by atoms with van der Waals surface area (Å²) in [6.07, 6.45) is 2.06. The molecule has 5 nitrogen and oxygen atoms in total. The maximum absolute atomic E-state index is 13.1. The Balaban J connectivity index is 1.45. The molecule has 0 fully saturated rings. The molecule has 0 bridgehead atoms. The van der Waals surface area contributed by atoms with Crippen LogP contribution in [0.1, 0.15) is 35.9 Å². The first-order valence-corrected chi connectivity index (χ1v) is 10.2. The van der Waals surface area contributed by atoms with Crippen LogP contribution < -0.4 is 4.90 Å². The highest BCUT2D eigenvalue weighted by Crippen LogP contribution is 2.32. The molecule has 1 atom stereocenters. The Morgan fingerprint density at radius 3 is 2.72 bits per heavy atom. The van der Waals surface area contributed by atoms with Crippen molar-refractivity contribution in [1.82, 2.24) is 14.6 Å². The quantitative estimate of drug-likeness (QED) is 0.526. The van der Waals surface area contributed by atoms with Crippen molar-refractivity contribution in [2.75, 3.05) is 4.90 Å². The van der Waals surface area contributed by atoms with E-state index in [1.165, 1.54) is 5.56 Å². The van der Waals surface area contributed by atoms with Gasteiger partial charge in [-0.25, -0.2) is 9.50 Å². The van der Waals surface area contributed by atoms with Gasteiger partial charge in [0.25, 0.3) is 0 Å². The summed E-state index contributed by atoms with van der Waals surface area (Å²) in [6, 6.07) is 16.5. The molecule has 1 aliphatic heterocycles. The van der Waals surface area contributed by atoms with E-state index in [1.807, 2.05) is 46.7 Å². The number of aryl methyl sites for hydroxylation is 2. The summed E-state index contributed by atoms with van der Waals surface area (Å²) in [5.74, 6) is 0.173. The zero-order chi connectivity index (χ0) is 20.1. The van der Waals surface area contributed by atoms with Gasteiger partial charge in [-0.2, -0.15) is 5.10 Å². The average molecular weight is 384 g/mol. The van der Waals surface area contributed by atoms with Gasteiger partial charge in [0.15, 0.2) is 5.65 Å². The number of carbonyl (C=O) groups is 1. The first-order chi connectivity index (χ1) is 14.0. The van der Waals surface area contributed by atoms with Crippen LogP contribution in [0.5, 0.6) is 0 Å². The number of carbonyl (C=O) groups excluding carboxylic acids is 1. The Hall–Kier alpha value is -3.21. The van der Waals surface area contributed by atoms with Crippen molar-refractivity contribution in [2.24, 2.45) is 0 Å². The van der Waals surface area contributed by atoms with E-state index in [0.29, 0.717) is 12.8 Å². The molecular weight excluding hydrogens is 360 g/mol. The Kier molecular flexibility index (Phi) is 4.12. The smallest absolute Gasteiger partial charge is 0.227 e.